The molecule has 0 aliphatic heterocycles. The van der Waals surface area contributed by atoms with Gasteiger partial charge in [-0.2, -0.15) is 13.2 Å². The molecule has 1 atom stereocenters. The Bertz CT molecular complexity index is 500. The third-order valence-corrected chi connectivity index (χ3v) is 3.64. The highest BCUT2D eigenvalue weighted by Crippen LogP contribution is 2.48. The van der Waals surface area contributed by atoms with Crippen molar-refractivity contribution in [3.63, 3.8) is 0 Å². The van der Waals surface area contributed by atoms with Crippen molar-refractivity contribution < 1.29 is 23.0 Å². The van der Waals surface area contributed by atoms with Crippen molar-refractivity contribution in [3.05, 3.63) is 28.3 Å². The lowest BCUT2D eigenvalue weighted by molar-refractivity contribution is -0.268. The van der Waals surface area contributed by atoms with Crippen LogP contribution in [0.4, 0.5) is 13.2 Å². The van der Waals surface area contributed by atoms with Crippen LogP contribution in [0.25, 0.3) is 0 Å². The fraction of sp³-hybridized carbons (Fsp3) is 0.600. The summed E-state index contributed by atoms with van der Waals surface area (Å²) >= 11 is 5.95. The molecule has 0 spiro atoms. The van der Waals surface area contributed by atoms with E-state index in [1.807, 2.05) is 13.8 Å². The number of alkyl halides is 3. The molecule has 2 nitrogen and oxygen atoms in total. The molecule has 0 bridgehead atoms. The topological polar surface area (TPSA) is 29.5 Å². The quantitative estimate of drug-likeness (QED) is 0.824. The van der Waals surface area contributed by atoms with Crippen LogP contribution in [0.1, 0.15) is 51.2 Å². The van der Waals surface area contributed by atoms with E-state index in [0.717, 1.165) is 6.07 Å². The number of aliphatic hydroxyl groups is 1. The van der Waals surface area contributed by atoms with E-state index in [9.17, 15) is 18.3 Å². The Morgan fingerprint density at radius 1 is 1.24 bits per heavy atom. The fourth-order valence-electron chi connectivity index (χ4n) is 2.20. The molecule has 1 aromatic rings. The van der Waals surface area contributed by atoms with E-state index in [1.165, 1.54) is 6.92 Å². The van der Waals surface area contributed by atoms with Crippen molar-refractivity contribution in [2.24, 2.45) is 0 Å². The number of ether oxygens (including phenoxy) is 1. The maximum Gasteiger partial charge on any atom is 0.421 e. The smallest absolute Gasteiger partial charge is 0.421 e. The van der Waals surface area contributed by atoms with Gasteiger partial charge >= 0.3 is 6.18 Å². The lowest BCUT2D eigenvalue weighted by atomic mass is 9.86. The van der Waals surface area contributed by atoms with Gasteiger partial charge in [0.15, 0.2) is 5.60 Å². The highest BCUT2D eigenvalue weighted by atomic mass is 35.5. The number of halogens is 4. The van der Waals surface area contributed by atoms with Crippen molar-refractivity contribution in [2.75, 3.05) is 6.61 Å². The Kier molecular flexibility index (Phi) is 5.56. The molecule has 0 heterocycles. The summed E-state index contributed by atoms with van der Waals surface area (Å²) in [5.41, 5.74) is -2.75. The highest BCUT2D eigenvalue weighted by Gasteiger charge is 2.55. The molecule has 0 saturated carbocycles. The zero-order valence-electron chi connectivity index (χ0n) is 12.5. The SMILES string of the molecule is CCOc1c(C(C)C)cc(Cl)cc1C(O)(CC)C(F)(F)F. The van der Waals surface area contributed by atoms with Crippen LogP contribution in [-0.2, 0) is 5.60 Å². The van der Waals surface area contributed by atoms with E-state index in [-0.39, 0.29) is 28.9 Å². The minimum atomic E-state index is -4.81. The lowest BCUT2D eigenvalue weighted by Gasteiger charge is -2.32. The van der Waals surface area contributed by atoms with Crippen molar-refractivity contribution in [1.82, 2.24) is 0 Å². The van der Waals surface area contributed by atoms with Crippen molar-refractivity contribution >= 4 is 11.6 Å². The molecule has 0 aromatic heterocycles. The van der Waals surface area contributed by atoms with Gasteiger partial charge < -0.3 is 9.84 Å². The summed E-state index contributed by atoms with van der Waals surface area (Å²) in [6.07, 6.45) is -5.33. The van der Waals surface area contributed by atoms with Crippen molar-refractivity contribution in [3.8, 4) is 5.75 Å². The first kappa shape index (κ1) is 18.1. The second-order valence-corrected chi connectivity index (χ2v) is 5.61. The zero-order valence-corrected chi connectivity index (χ0v) is 13.3. The van der Waals surface area contributed by atoms with Gasteiger partial charge in [0.25, 0.3) is 0 Å². The van der Waals surface area contributed by atoms with E-state index in [4.69, 9.17) is 16.3 Å². The Morgan fingerprint density at radius 2 is 1.81 bits per heavy atom. The first-order chi connectivity index (χ1) is 9.58. The number of hydrogen-bond acceptors (Lipinski definition) is 2. The van der Waals surface area contributed by atoms with E-state index < -0.39 is 18.2 Å². The average Bonchev–Trinajstić information content (AvgIpc) is 2.37. The van der Waals surface area contributed by atoms with Crippen LogP contribution in [0.2, 0.25) is 5.02 Å². The summed E-state index contributed by atoms with van der Waals surface area (Å²) in [6.45, 7) is 6.82. The van der Waals surface area contributed by atoms with Crippen LogP contribution in [0, 0.1) is 0 Å². The van der Waals surface area contributed by atoms with Gasteiger partial charge in [-0.3, -0.25) is 0 Å². The van der Waals surface area contributed by atoms with E-state index in [2.05, 4.69) is 0 Å². The first-order valence-corrected chi connectivity index (χ1v) is 7.22. The number of benzene rings is 1. The van der Waals surface area contributed by atoms with Crippen molar-refractivity contribution in [1.29, 1.82) is 0 Å². The minimum Gasteiger partial charge on any atom is -0.493 e. The summed E-state index contributed by atoms with van der Waals surface area (Å²) < 4.78 is 45.4. The molecule has 0 aliphatic rings. The number of hydrogen-bond donors (Lipinski definition) is 1. The summed E-state index contributed by atoms with van der Waals surface area (Å²) in [5.74, 6) is -0.0167. The molecule has 21 heavy (non-hydrogen) atoms. The molecule has 6 heteroatoms. The molecule has 1 N–H and O–H groups in total. The second-order valence-electron chi connectivity index (χ2n) is 5.17. The first-order valence-electron chi connectivity index (χ1n) is 6.84. The van der Waals surface area contributed by atoms with E-state index in [0.29, 0.717) is 5.56 Å². The summed E-state index contributed by atoms with van der Waals surface area (Å²) in [6, 6.07) is 2.71. The molecule has 0 saturated heterocycles. The lowest BCUT2D eigenvalue weighted by Crippen LogP contribution is -2.42. The van der Waals surface area contributed by atoms with E-state index in [1.54, 1.807) is 13.0 Å². The maximum absolute atomic E-state index is 13.3. The molecular formula is C15H20ClF3O2. The molecule has 0 radical (unpaired) electrons. The van der Waals surface area contributed by atoms with Crippen molar-refractivity contribution in [2.45, 2.75) is 51.8 Å². The Balaban J connectivity index is 3.67. The molecule has 1 unspecified atom stereocenters. The molecule has 0 aliphatic carbocycles. The fourth-order valence-corrected chi connectivity index (χ4v) is 2.43. The third kappa shape index (κ3) is 3.46. The normalized spacial score (nSPS) is 15.1. The van der Waals surface area contributed by atoms with Gasteiger partial charge in [0.2, 0.25) is 0 Å². The van der Waals surface area contributed by atoms with Crippen LogP contribution in [0.3, 0.4) is 0 Å². The summed E-state index contributed by atoms with van der Waals surface area (Å²) in [5, 5.41) is 10.3. The van der Waals surface area contributed by atoms with Crippen LogP contribution in [-0.4, -0.2) is 17.9 Å². The number of rotatable bonds is 5. The Labute approximate surface area is 127 Å². The average molecular weight is 325 g/mol. The van der Waals surface area contributed by atoms with Crippen LogP contribution in [0.5, 0.6) is 5.75 Å². The molecule has 0 amide bonds. The third-order valence-electron chi connectivity index (χ3n) is 3.42. The Hall–Kier alpha value is -0.940. The van der Waals surface area contributed by atoms with E-state index >= 15 is 0 Å². The molecule has 1 rings (SSSR count). The van der Waals surface area contributed by atoms with Gasteiger partial charge in [-0.25, -0.2) is 0 Å². The van der Waals surface area contributed by atoms with Crippen LogP contribution >= 0.6 is 11.6 Å². The second kappa shape index (κ2) is 6.44. The zero-order chi connectivity index (χ0) is 16.4. The van der Waals surface area contributed by atoms with Gasteiger partial charge in [0, 0.05) is 10.6 Å². The summed E-state index contributed by atoms with van der Waals surface area (Å²) in [7, 11) is 0. The van der Waals surface area contributed by atoms with Gasteiger partial charge in [0.05, 0.1) is 6.61 Å². The minimum absolute atomic E-state index is 0.0681. The molecule has 1 aromatic carbocycles. The highest BCUT2D eigenvalue weighted by molar-refractivity contribution is 6.30. The standard InChI is InChI=1S/C15H20ClF3O2/c1-5-14(20,15(17,18)19)12-8-10(16)7-11(9(3)4)13(12)21-6-2/h7-9,20H,5-6H2,1-4H3. The molecular weight excluding hydrogens is 305 g/mol. The monoisotopic (exact) mass is 324 g/mol. The maximum atomic E-state index is 13.3. The largest absolute Gasteiger partial charge is 0.493 e. The van der Waals surface area contributed by atoms with Gasteiger partial charge in [-0.15, -0.1) is 0 Å². The van der Waals surface area contributed by atoms with Gasteiger partial charge in [-0.1, -0.05) is 32.4 Å². The van der Waals surface area contributed by atoms with Gasteiger partial charge in [0.1, 0.15) is 5.75 Å². The van der Waals surface area contributed by atoms with Crippen LogP contribution in [0.15, 0.2) is 12.1 Å². The van der Waals surface area contributed by atoms with Crippen LogP contribution < -0.4 is 4.74 Å². The predicted molar refractivity (Wildman–Crippen MR) is 77.0 cm³/mol. The summed E-state index contributed by atoms with van der Waals surface area (Å²) in [4.78, 5) is 0. The molecule has 120 valence electrons. The molecule has 0 fully saturated rings. The van der Waals surface area contributed by atoms with Gasteiger partial charge in [-0.05, 0) is 37.0 Å². The predicted octanol–water partition coefficient (Wildman–Crippen LogP) is 5.02. The Morgan fingerprint density at radius 3 is 2.19 bits per heavy atom.